The minimum atomic E-state index is -0.639. The van der Waals surface area contributed by atoms with E-state index in [4.69, 9.17) is 9.59 Å². The van der Waals surface area contributed by atoms with Crippen molar-refractivity contribution < 1.29 is 9.59 Å². The fourth-order valence-electron chi connectivity index (χ4n) is 0. The average Bonchev–Trinajstić information content (AvgIpc) is 1.41. The first-order valence-corrected chi connectivity index (χ1v) is 1.45. The van der Waals surface area contributed by atoms with Crippen molar-refractivity contribution in [2.24, 2.45) is 5.73 Å². The summed E-state index contributed by atoms with van der Waals surface area (Å²) in [6.07, 6.45) is 0. The van der Waals surface area contributed by atoms with Crippen molar-refractivity contribution in [2.75, 3.05) is 0 Å². The molecule has 9 heavy (non-hydrogen) atoms. The van der Waals surface area contributed by atoms with Gasteiger partial charge in [-0.05, 0) is 0 Å². The van der Waals surface area contributed by atoms with Crippen LogP contribution in [0, 0.1) is 0 Å². The van der Waals surface area contributed by atoms with Gasteiger partial charge in [-0.25, -0.2) is 0 Å². The summed E-state index contributed by atoms with van der Waals surface area (Å²) in [4.78, 5) is 17.1. The summed E-state index contributed by atoms with van der Waals surface area (Å²) in [5.41, 5.74) is 4.34. The smallest absolute Gasteiger partial charge is 0.273 e. The van der Waals surface area contributed by atoms with Crippen molar-refractivity contribution in [1.82, 2.24) is 12.3 Å². The minimum absolute atomic E-state index is 0. The number of carbonyl (C=O) groups is 2. The van der Waals surface area contributed by atoms with Gasteiger partial charge in [-0.1, -0.05) is 12.6 Å². The number of amides is 1. The molecule has 0 saturated heterocycles. The van der Waals surface area contributed by atoms with Crippen LogP contribution in [-0.4, -0.2) is 12.0 Å². The normalized spacial score (nSPS) is 3.22. The van der Waals surface area contributed by atoms with Crippen molar-refractivity contribution >= 4 is 38.2 Å². The summed E-state index contributed by atoms with van der Waals surface area (Å²) in [7, 11) is 0. The highest BCUT2D eigenvalue weighted by Crippen LogP contribution is 1.60. The van der Waals surface area contributed by atoms with Crippen molar-refractivity contribution in [3.8, 4) is 0 Å². The third-order valence-corrected chi connectivity index (χ3v) is 0. The molecular weight excluding hydrogens is 162 g/mol. The molecule has 8 N–H and O–H groups in total. The molecule has 5 nitrogen and oxygen atoms in total. The third kappa shape index (κ3) is 4470. The van der Waals surface area contributed by atoms with E-state index in [1.165, 1.54) is 0 Å². The summed E-state index contributed by atoms with van der Waals surface area (Å²) in [5, 5.41) is -0.639. The van der Waals surface area contributed by atoms with Crippen molar-refractivity contribution in [1.29, 1.82) is 0 Å². The molecule has 0 radical (unpaired) electrons. The van der Waals surface area contributed by atoms with Gasteiger partial charge in [-0.2, -0.15) is 13.5 Å². The van der Waals surface area contributed by atoms with Crippen LogP contribution in [0.15, 0.2) is 0 Å². The van der Waals surface area contributed by atoms with Crippen LogP contribution in [0.1, 0.15) is 0 Å². The largest absolute Gasteiger partial charge is 0.361 e. The van der Waals surface area contributed by atoms with Gasteiger partial charge in [-0.3, -0.25) is 4.79 Å². The van der Waals surface area contributed by atoms with E-state index in [0.29, 0.717) is 0 Å². The Morgan fingerprint density at radius 1 is 1.33 bits per heavy atom. The molecule has 0 rings (SSSR count). The fourth-order valence-corrected chi connectivity index (χ4v) is 0. The lowest BCUT2D eigenvalue weighted by molar-refractivity contribution is -0.0979. The maximum atomic E-state index is 9.09. The monoisotopic (exact) mass is 175 g/mol. The SMILES string of the molecule is C=O.N.N.NC(=O)S.S. The molecule has 0 saturated carbocycles. The molecule has 7 heteroatoms. The van der Waals surface area contributed by atoms with Gasteiger partial charge in [0.15, 0.2) is 0 Å². The number of nitrogens with two attached hydrogens (primary N) is 1. The van der Waals surface area contributed by atoms with Crippen LogP contribution < -0.4 is 18.0 Å². The molecule has 0 fully saturated rings. The van der Waals surface area contributed by atoms with Crippen LogP contribution >= 0.6 is 26.1 Å². The predicted octanol–water partition coefficient (Wildman–Crippen LogP) is 0.247. The van der Waals surface area contributed by atoms with E-state index < -0.39 is 5.24 Å². The summed E-state index contributed by atoms with van der Waals surface area (Å²) in [6, 6.07) is 0. The van der Waals surface area contributed by atoms with Gasteiger partial charge < -0.3 is 22.8 Å². The third-order valence-electron chi connectivity index (χ3n) is 0. The van der Waals surface area contributed by atoms with Crippen molar-refractivity contribution in [3.05, 3.63) is 0 Å². The van der Waals surface area contributed by atoms with Gasteiger partial charge in [0.05, 0.1) is 0 Å². The van der Waals surface area contributed by atoms with Gasteiger partial charge in [-0.15, -0.1) is 0 Å². The lowest BCUT2D eigenvalue weighted by Crippen LogP contribution is -1.95. The number of rotatable bonds is 0. The van der Waals surface area contributed by atoms with Gasteiger partial charge in [0.1, 0.15) is 6.79 Å². The molecular formula is C2H13N3O2S2. The van der Waals surface area contributed by atoms with E-state index in [1.807, 2.05) is 6.79 Å². The Hall–Kier alpha value is -0.240. The molecule has 0 aromatic carbocycles. The maximum absolute atomic E-state index is 9.09. The second-order valence-electron chi connectivity index (χ2n) is 0.338. The van der Waals surface area contributed by atoms with Crippen LogP contribution in [0.2, 0.25) is 0 Å². The number of primary amides is 1. The lowest BCUT2D eigenvalue weighted by Gasteiger charge is -1.58. The molecule has 0 unspecified atom stereocenters. The molecule has 0 aliphatic rings. The fraction of sp³-hybridized carbons (Fsp3) is 0. The molecule has 0 atom stereocenters. The molecule has 60 valence electrons. The van der Waals surface area contributed by atoms with E-state index in [-0.39, 0.29) is 25.8 Å². The molecule has 0 aromatic rings. The minimum Gasteiger partial charge on any atom is -0.361 e. The zero-order valence-corrected chi connectivity index (χ0v) is 6.86. The molecule has 1 amide bonds. The molecule has 0 spiro atoms. The van der Waals surface area contributed by atoms with E-state index >= 15 is 0 Å². The van der Waals surface area contributed by atoms with Crippen molar-refractivity contribution in [2.45, 2.75) is 0 Å². The number of thiol groups is 1. The standard InChI is InChI=1S/CH3NOS.CH2O.2H3N.H2S/c2-1(3)4;1-2;;;/h(H3,2,3,4);1H2;2*1H3;1H2. The Morgan fingerprint density at radius 3 is 1.33 bits per heavy atom. The van der Waals surface area contributed by atoms with E-state index in [0.717, 1.165) is 0 Å². The van der Waals surface area contributed by atoms with Crippen molar-refractivity contribution in [3.63, 3.8) is 0 Å². The topological polar surface area (TPSA) is 130 Å². The molecule has 0 bridgehead atoms. The van der Waals surface area contributed by atoms with Gasteiger partial charge in [0.25, 0.3) is 5.24 Å². The summed E-state index contributed by atoms with van der Waals surface area (Å²) in [6.45, 7) is 2.00. The second kappa shape index (κ2) is 46.6. The number of hydrogen-bond donors (Lipinski definition) is 4. The molecule has 0 aliphatic heterocycles. The van der Waals surface area contributed by atoms with Gasteiger partial charge >= 0.3 is 0 Å². The van der Waals surface area contributed by atoms with Crippen LogP contribution in [0.4, 0.5) is 4.79 Å². The zero-order chi connectivity index (χ0) is 5.58. The van der Waals surface area contributed by atoms with Crippen LogP contribution in [0.5, 0.6) is 0 Å². The van der Waals surface area contributed by atoms with Crippen LogP contribution in [0.3, 0.4) is 0 Å². The highest BCUT2D eigenvalue weighted by Gasteiger charge is 1.63. The highest BCUT2D eigenvalue weighted by atomic mass is 32.1. The first-order valence-electron chi connectivity index (χ1n) is 1.01. The van der Waals surface area contributed by atoms with E-state index in [2.05, 4.69) is 18.4 Å². The highest BCUT2D eigenvalue weighted by molar-refractivity contribution is 7.96. The summed E-state index contributed by atoms with van der Waals surface area (Å²) in [5.74, 6) is 0. The molecule has 0 aromatic heterocycles. The summed E-state index contributed by atoms with van der Waals surface area (Å²) < 4.78 is 0. The second-order valence-corrected chi connectivity index (χ2v) is 0.779. The number of hydrogen-bond acceptors (Lipinski definition) is 4. The molecule has 0 aliphatic carbocycles. The lowest BCUT2D eigenvalue weighted by atomic mass is 11.5. The zero-order valence-electron chi connectivity index (χ0n) is 4.96. The summed E-state index contributed by atoms with van der Waals surface area (Å²) >= 11 is 3.10. The van der Waals surface area contributed by atoms with E-state index in [9.17, 15) is 0 Å². The maximum Gasteiger partial charge on any atom is 0.273 e. The Labute approximate surface area is 66.4 Å². The van der Waals surface area contributed by atoms with Crippen LogP contribution in [-0.2, 0) is 4.79 Å². The first kappa shape index (κ1) is 37.3. The average molecular weight is 175 g/mol. The van der Waals surface area contributed by atoms with Crippen LogP contribution in [0.25, 0.3) is 0 Å². The van der Waals surface area contributed by atoms with Gasteiger partial charge in [0, 0.05) is 0 Å². The Kier molecular flexibility index (Phi) is 193. The Bertz CT molecular complexity index is 49.1. The number of carbonyl (C=O) groups excluding carboxylic acids is 2. The first-order chi connectivity index (χ1) is 2.73. The van der Waals surface area contributed by atoms with Gasteiger partial charge in [0.2, 0.25) is 0 Å². The molecule has 0 heterocycles. The predicted molar refractivity (Wildman–Crippen MR) is 46.1 cm³/mol. The van der Waals surface area contributed by atoms with E-state index in [1.54, 1.807) is 0 Å². The Balaban J connectivity index is -0.00000000990. The Morgan fingerprint density at radius 2 is 1.33 bits per heavy atom. The quantitative estimate of drug-likeness (QED) is 0.393.